The molecule has 1 saturated heterocycles. The molecule has 1 aromatic carbocycles. The minimum atomic E-state index is -0.140. The standard InChI is InChI=1S/C16H20N4O2/c1-10-6-7-13(17)12(9-10)16(21)20-8-4-3-5-14(20)15-18-11(2)22-19-15/h6-7,9,14H,3-5,8,17H2,1-2H3. The van der Waals surface area contributed by atoms with Crippen LogP contribution in [0.5, 0.6) is 0 Å². The SMILES string of the molecule is Cc1ccc(N)c(C(=O)N2CCCCC2c2noc(C)n2)c1. The summed E-state index contributed by atoms with van der Waals surface area (Å²) in [6.07, 6.45) is 2.87. The van der Waals surface area contributed by atoms with Crippen LogP contribution in [0.15, 0.2) is 22.7 Å². The molecule has 0 bridgehead atoms. The van der Waals surface area contributed by atoms with Crippen molar-refractivity contribution < 1.29 is 9.32 Å². The molecule has 6 heteroatoms. The summed E-state index contributed by atoms with van der Waals surface area (Å²) in [6.45, 7) is 4.39. The molecule has 1 aliphatic rings. The quantitative estimate of drug-likeness (QED) is 0.862. The molecule has 1 aromatic heterocycles. The van der Waals surface area contributed by atoms with E-state index >= 15 is 0 Å². The van der Waals surface area contributed by atoms with Crippen molar-refractivity contribution in [2.24, 2.45) is 0 Å². The summed E-state index contributed by atoms with van der Waals surface area (Å²) in [7, 11) is 0. The lowest BCUT2D eigenvalue weighted by Gasteiger charge is -2.34. The zero-order chi connectivity index (χ0) is 15.7. The van der Waals surface area contributed by atoms with Gasteiger partial charge in [0.15, 0.2) is 5.82 Å². The Kier molecular flexibility index (Phi) is 3.83. The van der Waals surface area contributed by atoms with Crippen LogP contribution in [-0.4, -0.2) is 27.5 Å². The minimum Gasteiger partial charge on any atom is -0.398 e. The maximum absolute atomic E-state index is 12.9. The Balaban J connectivity index is 1.93. The van der Waals surface area contributed by atoms with Crippen molar-refractivity contribution in [2.45, 2.75) is 39.2 Å². The second kappa shape index (κ2) is 5.79. The summed E-state index contributed by atoms with van der Waals surface area (Å²) < 4.78 is 5.07. The lowest BCUT2D eigenvalue weighted by molar-refractivity contribution is 0.0598. The fourth-order valence-electron chi connectivity index (χ4n) is 2.90. The van der Waals surface area contributed by atoms with Crippen LogP contribution in [0.1, 0.15) is 52.9 Å². The molecule has 0 aliphatic carbocycles. The molecular weight excluding hydrogens is 280 g/mol. The zero-order valence-electron chi connectivity index (χ0n) is 12.9. The van der Waals surface area contributed by atoms with Gasteiger partial charge in [-0.2, -0.15) is 4.98 Å². The Morgan fingerprint density at radius 1 is 1.36 bits per heavy atom. The van der Waals surface area contributed by atoms with E-state index in [1.807, 2.05) is 24.0 Å². The van der Waals surface area contributed by atoms with Crippen molar-refractivity contribution in [2.75, 3.05) is 12.3 Å². The molecule has 1 aliphatic heterocycles. The number of benzene rings is 1. The average Bonchev–Trinajstić information content (AvgIpc) is 2.95. The van der Waals surface area contributed by atoms with Gasteiger partial charge in [-0.15, -0.1) is 0 Å². The highest BCUT2D eigenvalue weighted by molar-refractivity contribution is 5.99. The second-order valence-corrected chi connectivity index (χ2v) is 5.77. The molecule has 6 nitrogen and oxygen atoms in total. The number of carbonyl (C=O) groups excluding carboxylic acids is 1. The molecule has 1 amide bonds. The van der Waals surface area contributed by atoms with Crippen LogP contribution in [-0.2, 0) is 0 Å². The van der Waals surface area contributed by atoms with Gasteiger partial charge in [0.05, 0.1) is 11.6 Å². The molecule has 116 valence electrons. The lowest BCUT2D eigenvalue weighted by atomic mass is 9.99. The normalized spacial score (nSPS) is 18.5. The fourth-order valence-corrected chi connectivity index (χ4v) is 2.90. The molecule has 2 heterocycles. The van der Waals surface area contributed by atoms with Crippen LogP contribution in [0.25, 0.3) is 0 Å². The Morgan fingerprint density at radius 3 is 2.91 bits per heavy atom. The molecule has 0 saturated carbocycles. The lowest BCUT2D eigenvalue weighted by Crippen LogP contribution is -2.39. The summed E-state index contributed by atoms with van der Waals surface area (Å²) in [5, 5.41) is 3.99. The molecule has 1 fully saturated rings. The first kappa shape index (κ1) is 14.6. The van der Waals surface area contributed by atoms with Gasteiger partial charge < -0.3 is 15.2 Å². The number of amides is 1. The van der Waals surface area contributed by atoms with Crippen molar-refractivity contribution in [3.8, 4) is 0 Å². The highest BCUT2D eigenvalue weighted by atomic mass is 16.5. The number of likely N-dealkylation sites (tertiary alicyclic amines) is 1. The van der Waals surface area contributed by atoms with Crippen molar-refractivity contribution in [3.63, 3.8) is 0 Å². The third-order valence-corrected chi connectivity index (χ3v) is 4.04. The van der Waals surface area contributed by atoms with E-state index in [4.69, 9.17) is 10.3 Å². The van der Waals surface area contributed by atoms with E-state index in [9.17, 15) is 4.79 Å². The first-order valence-electron chi connectivity index (χ1n) is 7.53. The summed E-state index contributed by atoms with van der Waals surface area (Å²) in [6, 6.07) is 5.38. The van der Waals surface area contributed by atoms with Crippen LogP contribution in [0, 0.1) is 13.8 Å². The molecule has 2 N–H and O–H groups in total. The number of nitrogens with zero attached hydrogens (tertiary/aromatic N) is 3. The number of carbonyl (C=O) groups is 1. The summed E-state index contributed by atoms with van der Waals surface area (Å²) in [4.78, 5) is 19.0. The predicted octanol–water partition coefficient (Wildman–Crippen LogP) is 2.64. The summed E-state index contributed by atoms with van der Waals surface area (Å²) >= 11 is 0. The number of nitrogens with two attached hydrogens (primary N) is 1. The molecule has 22 heavy (non-hydrogen) atoms. The highest BCUT2D eigenvalue weighted by Crippen LogP contribution is 2.31. The molecule has 0 radical (unpaired) electrons. The van der Waals surface area contributed by atoms with Gasteiger partial charge in [-0.3, -0.25) is 4.79 Å². The number of hydrogen-bond acceptors (Lipinski definition) is 5. The fraction of sp³-hybridized carbons (Fsp3) is 0.438. The minimum absolute atomic E-state index is 0.0617. The summed E-state index contributed by atoms with van der Waals surface area (Å²) in [5.41, 5.74) is 8.06. The van der Waals surface area contributed by atoms with Crippen molar-refractivity contribution in [3.05, 3.63) is 41.0 Å². The van der Waals surface area contributed by atoms with E-state index < -0.39 is 0 Å². The van der Waals surface area contributed by atoms with E-state index in [0.717, 1.165) is 24.8 Å². The maximum atomic E-state index is 12.9. The third kappa shape index (κ3) is 2.68. The van der Waals surface area contributed by atoms with Gasteiger partial charge in [-0.1, -0.05) is 16.8 Å². The Hall–Kier alpha value is -2.37. The van der Waals surface area contributed by atoms with Gasteiger partial charge in [-0.25, -0.2) is 0 Å². The first-order valence-corrected chi connectivity index (χ1v) is 7.53. The van der Waals surface area contributed by atoms with Crippen LogP contribution in [0.3, 0.4) is 0 Å². The number of hydrogen-bond donors (Lipinski definition) is 1. The molecule has 1 unspecified atom stereocenters. The number of anilines is 1. The van der Waals surface area contributed by atoms with Crippen molar-refractivity contribution in [1.29, 1.82) is 0 Å². The van der Waals surface area contributed by atoms with Crippen molar-refractivity contribution in [1.82, 2.24) is 15.0 Å². The molecule has 2 aromatic rings. The van der Waals surface area contributed by atoms with Gasteiger partial charge in [0, 0.05) is 19.2 Å². The monoisotopic (exact) mass is 300 g/mol. The van der Waals surface area contributed by atoms with E-state index in [1.54, 1.807) is 13.0 Å². The van der Waals surface area contributed by atoms with E-state index in [-0.39, 0.29) is 11.9 Å². The molecule has 1 atom stereocenters. The van der Waals surface area contributed by atoms with Crippen LogP contribution in [0.4, 0.5) is 5.69 Å². The number of nitrogen functional groups attached to an aromatic ring is 1. The number of piperidine rings is 1. The highest BCUT2D eigenvalue weighted by Gasteiger charge is 2.32. The topological polar surface area (TPSA) is 85.3 Å². The average molecular weight is 300 g/mol. The number of aryl methyl sites for hydroxylation is 2. The van der Waals surface area contributed by atoms with Gasteiger partial charge in [0.25, 0.3) is 5.91 Å². The summed E-state index contributed by atoms with van der Waals surface area (Å²) in [5.74, 6) is 1.04. The van der Waals surface area contributed by atoms with Crippen molar-refractivity contribution >= 4 is 11.6 Å². The largest absolute Gasteiger partial charge is 0.398 e. The zero-order valence-corrected chi connectivity index (χ0v) is 12.9. The van der Waals surface area contributed by atoms with E-state index in [2.05, 4.69) is 10.1 Å². The smallest absolute Gasteiger partial charge is 0.256 e. The third-order valence-electron chi connectivity index (χ3n) is 4.04. The number of aromatic nitrogens is 2. The van der Waals surface area contributed by atoms with E-state index in [1.165, 1.54) is 0 Å². The molecule has 3 rings (SSSR count). The van der Waals surface area contributed by atoms with Crippen LogP contribution in [0.2, 0.25) is 0 Å². The number of rotatable bonds is 2. The van der Waals surface area contributed by atoms with Crippen LogP contribution < -0.4 is 5.73 Å². The van der Waals surface area contributed by atoms with Gasteiger partial charge in [0.2, 0.25) is 5.89 Å². The van der Waals surface area contributed by atoms with Gasteiger partial charge >= 0.3 is 0 Å². The van der Waals surface area contributed by atoms with Gasteiger partial charge in [0.1, 0.15) is 0 Å². The van der Waals surface area contributed by atoms with Gasteiger partial charge in [-0.05, 0) is 38.3 Å². The Labute approximate surface area is 129 Å². The molecule has 0 spiro atoms. The Morgan fingerprint density at radius 2 is 2.18 bits per heavy atom. The van der Waals surface area contributed by atoms with E-state index in [0.29, 0.717) is 29.5 Å². The Bertz CT molecular complexity index is 695. The predicted molar refractivity (Wildman–Crippen MR) is 82.3 cm³/mol. The first-order chi connectivity index (χ1) is 10.6. The maximum Gasteiger partial charge on any atom is 0.256 e. The van der Waals surface area contributed by atoms with Crippen LogP contribution >= 0.6 is 0 Å². The second-order valence-electron chi connectivity index (χ2n) is 5.77. The molecular formula is C16H20N4O2.